The lowest BCUT2D eigenvalue weighted by Crippen LogP contribution is -2.38. The molecular weight excluding hydrogens is 424 g/mol. The fourth-order valence-electron chi connectivity index (χ4n) is 2.26. The number of esters is 2. The normalized spacial score (nSPS) is 12.2. The summed E-state index contributed by atoms with van der Waals surface area (Å²) in [6, 6.07) is 0. The zero-order valence-electron chi connectivity index (χ0n) is 19.5. The Hall–Kier alpha value is -2.60. The van der Waals surface area contributed by atoms with Gasteiger partial charge >= 0.3 is 24.1 Å². The number of amides is 2. The van der Waals surface area contributed by atoms with Crippen LogP contribution in [0.5, 0.6) is 0 Å². The maximum absolute atomic E-state index is 11.6. The molecule has 0 spiro atoms. The van der Waals surface area contributed by atoms with Crippen molar-refractivity contribution in [2.24, 2.45) is 0 Å². The van der Waals surface area contributed by atoms with E-state index in [1.165, 1.54) is 13.8 Å². The minimum absolute atomic E-state index is 0.281. The number of hydrogen-bond acceptors (Lipinski definition) is 10. The highest BCUT2D eigenvalue weighted by atomic mass is 16.7. The Morgan fingerprint density at radius 2 is 0.938 bits per heavy atom. The highest BCUT2D eigenvalue weighted by molar-refractivity contribution is 5.71. The van der Waals surface area contributed by atoms with Crippen LogP contribution in [0.25, 0.3) is 0 Å². The third kappa shape index (κ3) is 18.2. The van der Waals surface area contributed by atoms with Crippen molar-refractivity contribution in [3.8, 4) is 0 Å². The van der Waals surface area contributed by atoms with Crippen molar-refractivity contribution >= 4 is 24.1 Å². The molecule has 0 bridgehead atoms. The summed E-state index contributed by atoms with van der Waals surface area (Å²) < 4.78 is 19.6. The van der Waals surface area contributed by atoms with E-state index in [0.717, 1.165) is 0 Å². The number of hydrogen-bond donors (Lipinski definition) is 4. The Balaban J connectivity index is 3.55. The second kappa shape index (κ2) is 19.1. The van der Waals surface area contributed by atoms with Gasteiger partial charge in [-0.3, -0.25) is 9.59 Å². The van der Waals surface area contributed by atoms with E-state index in [4.69, 9.17) is 18.9 Å². The summed E-state index contributed by atoms with van der Waals surface area (Å²) in [6.07, 6.45) is -1.29. The first kappa shape index (κ1) is 29.4. The SMILES string of the molecule is CCCC(=O)OC(C)OC(=O)NCCNCCNCCNC(=O)OC(C)OC(=O)CCC. The predicted octanol–water partition coefficient (Wildman–Crippen LogP) is 0.997. The molecule has 0 aromatic rings. The molecule has 0 radical (unpaired) electrons. The van der Waals surface area contributed by atoms with Gasteiger partial charge in [0.2, 0.25) is 12.6 Å². The number of rotatable bonds is 17. The zero-order chi connectivity index (χ0) is 24.2. The van der Waals surface area contributed by atoms with E-state index in [1.54, 1.807) is 0 Å². The first-order valence-electron chi connectivity index (χ1n) is 11.0. The molecule has 2 amide bonds. The lowest BCUT2D eigenvalue weighted by molar-refractivity contribution is -0.166. The van der Waals surface area contributed by atoms with Crippen molar-refractivity contribution in [3.63, 3.8) is 0 Å². The van der Waals surface area contributed by atoms with Gasteiger partial charge in [0, 0.05) is 66.0 Å². The fraction of sp³-hybridized carbons (Fsp3) is 0.800. The lowest BCUT2D eigenvalue weighted by Gasteiger charge is -2.15. The van der Waals surface area contributed by atoms with Crippen molar-refractivity contribution in [1.82, 2.24) is 21.3 Å². The molecule has 0 heterocycles. The quantitative estimate of drug-likeness (QED) is 0.140. The molecule has 12 nitrogen and oxygen atoms in total. The summed E-state index contributed by atoms with van der Waals surface area (Å²) in [5.41, 5.74) is 0. The van der Waals surface area contributed by atoms with Crippen LogP contribution in [0.15, 0.2) is 0 Å². The Labute approximate surface area is 189 Å². The van der Waals surface area contributed by atoms with Crippen molar-refractivity contribution in [1.29, 1.82) is 0 Å². The van der Waals surface area contributed by atoms with Gasteiger partial charge in [-0.15, -0.1) is 0 Å². The Bertz CT molecular complexity index is 514. The van der Waals surface area contributed by atoms with Gasteiger partial charge in [0.1, 0.15) is 0 Å². The summed E-state index contributed by atoms with van der Waals surface area (Å²) in [5, 5.41) is 11.3. The zero-order valence-corrected chi connectivity index (χ0v) is 19.5. The Morgan fingerprint density at radius 3 is 1.28 bits per heavy atom. The Morgan fingerprint density at radius 1 is 0.594 bits per heavy atom. The summed E-state index contributed by atoms with van der Waals surface area (Å²) in [5.74, 6) is -0.812. The molecule has 0 aromatic carbocycles. The van der Waals surface area contributed by atoms with E-state index in [1.807, 2.05) is 13.8 Å². The van der Waals surface area contributed by atoms with E-state index in [9.17, 15) is 19.2 Å². The van der Waals surface area contributed by atoms with E-state index in [0.29, 0.717) is 52.1 Å². The van der Waals surface area contributed by atoms with Gasteiger partial charge in [-0.2, -0.15) is 0 Å². The molecule has 32 heavy (non-hydrogen) atoms. The summed E-state index contributed by atoms with van der Waals surface area (Å²) >= 11 is 0. The van der Waals surface area contributed by atoms with Crippen LogP contribution in [0.2, 0.25) is 0 Å². The molecule has 0 fully saturated rings. The van der Waals surface area contributed by atoms with Crippen LogP contribution < -0.4 is 21.3 Å². The second-order valence-electron chi connectivity index (χ2n) is 6.78. The highest BCUT2D eigenvalue weighted by Crippen LogP contribution is 2.00. The molecule has 2 atom stereocenters. The minimum atomic E-state index is -0.934. The maximum atomic E-state index is 11.6. The van der Waals surface area contributed by atoms with Gasteiger partial charge in [-0.1, -0.05) is 13.8 Å². The molecule has 12 heteroatoms. The van der Waals surface area contributed by atoms with Crippen LogP contribution in [-0.4, -0.2) is 76.0 Å². The van der Waals surface area contributed by atoms with E-state index in [2.05, 4.69) is 21.3 Å². The average Bonchev–Trinajstić information content (AvgIpc) is 2.69. The molecule has 0 rings (SSSR count). The van der Waals surface area contributed by atoms with Crippen LogP contribution in [0.1, 0.15) is 53.4 Å². The van der Waals surface area contributed by atoms with E-state index in [-0.39, 0.29) is 12.8 Å². The summed E-state index contributed by atoms with van der Waals surface area (Å²) in [6.45, 7) is 9.72. The number of carbonyl (C=O) groups excluding carboxylic acids is 4. The molecule has 0 aliphatic carbocycles. The van der Waals surface area contributed by atoms with Gasteiger partial charge in [0.05, 0.1) is 0 Å². The van der Waals surface area contributed by atoms with E-state index < -0.39 is 36.7 Å². The largest absolute Gasteiger partial charge is 0.425 e. The average molecular weight is 463 g/mol. The van der Waals surface area contributed by atoms with Crippen molar-refractivity contribution < 1.29 is 38.1 Å². The van der Waals surface area contributed by atoms with Crippen LogP contribution in [0.4, 0.5) is 9.59 Å². The molecule has 0 saturated carbocycles. The number of alkyl carbamates (subject to hydrolysis) is 2. The van der Waals surface area contributed by atoms with Crippen LogP contribution in [-0.2, 0) is 28.5 Å². The predicted molar refractivity (Wildman–Crippen MR) is 116 cm³/mol. The molecule has 4 N–H and O–H groups in total. The van der Waals surface area contributed by atoms with Gasteiger partial charge in [0.15, 0.2) is 0 Å². The molecule has 2 unspecified atom stereocenters. The molecule has 0 aliphatic heterocycles. The molecular formula is C20H38N4O8. The van der Waals surface area contributed by atoms with Gasteiger partial charge in [-0.05, 0) is 12.8 Å². The summed E-state index contributed by atoms with van der Waals surface area (Å²) in [7, 11) is 0. The topological polar surface area (TPSA) is 153 Å². The third-order valence-electron chi connectivity index (χ3n) is 3.67. The number of nitrogens with one attached hydrogen (secondary N) is 4. The van der Waals surface area contributed by atoms with Crippen molar-refractivity contribution in [2.75, 3.05) is 39.3 Å². The van der Waals surface area contributed by atoms with Crippen LogP contribution >= 0.6 is 0 Å². The van der Waals surface area contributed by atoms with Crippen molar-refractivity contribution in [2.45, 2.75) is 66.0 Å². The number of carbonyl (C=O) groups is 4. The second-order valence-corrected chi connectivity index (χ2v) is 6.78. The first-order valence-corrected chi connectivity index (χ1v) is 11.0. The smallest absolute Gasteiger partial charge is 0.410 e. The minimum Gasteiger partial charge on any atom is -0.425 e. The molecule has 0 saturated heterocycles. The monoisotopic (exact) mass is 462 g/mol. The third-order valence-corrected chi connectivity index (χ3v) is 3.67. The highest BCUT2D eigenvalue weighted by Gasteiger charge is 2.14. The van der Waals surface area contributed by atoms with Gasteiger partial charge in [-0.25, -0.2) is 9.59 Å². The maximum Gasteiger partial charge on any atom is 0.410 e. The molecule has 0 aromatic heterocycles. The van der Waals surface area contributed by atoms with Crippen molar-refractivity contribution in [3.05, 3.63) is 0 Å². The van der Waals surface area contributed by atoms with Crippen LogP contribution in [0, 0.1) is 0 Å². The van der Waals surface area contributed by atoms with Crippen LogP contribution in [0.3, 0.4) is 0 Å². The lowest BCUT2D eigenvalue weighted by atomic mass is 10.3. The van der Waals surface area contributed by atoms with Gasteiger partial charge in [0.25, 0.3) is 0 Å². The molecule has 0 aliphatic rings. The first-order chi connectivity index (χ1) is 15.3. The standard InChI is InChI=1S/C20H38N4O8/c1-5-7-17(25)29-15(3)31-19(27)23-13-11-21-9-10-22-12-14-24-20(28)32-16(4)30-18(26)8-6-2/h15-16,21-22H,5-14H2,1-4H3,(H,23,27)(H,24,28). The Kier molecular flexibility index (Phi) is 17.6. The molecule has 186 valence electrons. The van der Waals surface area contributed by atoms with Gasteiger partial charge < -0.3 is 40.2 Å². The van der Waals surface area contributed by atoms with E-state index >= 15 is 0 Å². The fourth-order valence-corrected chi connectivity index (χ4v) is 2.26. The number of ether oxygens (including phenoxy) is 4. The summed E-state index contributed by atoms with van der Waals surface area (Å²) in [4.78, 5) is 45.7.